The minimum atomic E-state index is -4.90. The van der Waals surface area contributed by atoms with Gasteiger partial charge in [0, 0.05) is 0 Å². The fraction of sp³-hybridized carbons (Fsp3) is 0.294. The Labute approximate surface area is 145 Å². The molecule has 0 amide bonds. The molecule has 0 saturated heterocycles. The minimum absolute atomic E-state index is 0.158. The lowest BCUT2D eigenvalue weighted by Crippen LogP contribution is -2.42. The summed E-state index contributed by atoms with van der Waals surface area (Å²) in [5.41, 5.74) is -0.150. The summed E-state index contributed by atoms with van der Waals surface area (Å²) >= 11 is 0. The van der Waals surface area contributed by atoms with E-state index in [1.165, 1.54) is 18.2 Å². The summed E-state index contributed by atoms with van der Waals surface area (Å²) in [4.78, 5) is 5.23. The summed E-state index contributed by atoms with van der Waals surface area (Å²) in [7, 11) is 0. The van der Waals surface area contributed by atoms with Gasteiger partial charge in [-0.05, 0) is 42.8 Å². The summed E-state index contributed by atoms with van der Waals surface area (Å²) in [6, 6.07) is 9.88. The van der Waals surface area contributed by atoms with E-state index in [0.717, 1.165) is 12.1 Å². The van der Waals surface area contributed by atoms with Gasteiger partial charge in [0.2, 0.25) is 0 Å². The normalized spacial score (nSPS) is 13.4. The second-order valence-electron chi connectivity index (χ2n) is 5.57. The number of hydroxylamine groups is 1. The first-order valence-electron chi connectivity index (χ1n) is 7.41. The van der Waals surface area contributed by atoms with Crippen LogP contribution < -0.4 is 9.90 Å². The summed E-state index contributed by atoms with van der Waals surface area (Å²) in [6.45, 7) is 0.676. The molecule has 0 fully saturated rings. The maximum atomic E-state index is 12.8. The molecule has 2 rings (SSSR count). The highest BCUT2D eigenvalue weighted by Gasteiger charge is 2.40. The molecule has 2 aromatic rings. The topological polar surface area (TPSA) is 32.7 Å². The Hall–Kier alpha value is -2.42. The zero-order valence-corrected chi connectivity index (χ0v) is 13.5. The Kier molecular flexibility index (Phi) is 5.70. The number of aliphatic hydroxyl groups is 1. The van der Waals surface area contributed by atoms with Crippen LogP contribution in [0, 0.1) is 6.92 Å². The van der Waals surface area contributed by atoms with E-state index < -0.39 is 30.6 Å². The molecule has 0 aromatic heterocycles. The van der Waals surface area contributed by atoms with Gasteiger partial charge in [0.15, 0.2) is 11.9 Å². The van der Waals surface area contributed by atoms with Crippen LogP contribution in [0.2, 0.25) is 0 Å². The predicted molar refractivity (Wildman–Crippen MR) is 82.7 cm³/mol. The van der Waals surface area contributed by atoms with Crippen LogP contribution in [-0.4, -0.2) is 23.9 Å². The predicted octanol–water partition coefficient (Wildman–Crippen LogP) is 4.74. The van der Waals surface area contributed by atoms with E-state index in [4.69, 9.17) is 4.84 Å². The van der Waals surface area contributed by atoms with Crippen molar-refractivity contribution in [3.05, 3.63) is 59.7 Å². The van der Waals surface area contributed by atoms with Crippen LogP contribution in [0.5, 0.6) is 5.75 Å². The third kappa shape index (κ3) is 5.29. The quantitative estimate of drug-likeness (QED) is 0.602. The van der Waals surface area contributed by atoms with Crippen LogP contribution in [0.15, 0.2) is 48.5 Å². The fourth-order valence-electron chi connectivity index (χ4n) is 2.10. The molecule has 1 N–H and O–H groups in total. The van der Waals surface area contributed by atoms with Crippen LogP contribution in [0.3, 0.4) is 0 Å². The Morgan fingerprint density at radius 3 is 2.23 bits per heavy atom. The lowest BCUT2D eigenvalue weighted by Gasteiger charge is -2.28. The van der Waals surface area contributed by atoms with E-state index in [1.54, 1.807) is 19.1 Å². The van der Waals surface area contributed by atoms with Gasteiger partial charge in [-0.3, -0.25) is 0 Å². The first kappa shape index (κ1) is 19.9. The van der Waals surface area contributed by atoms with Crippen LogP contribution in [0.4, 0.5) is 32.0 Å². The molecular weight excluding hydrogens is 364 g/mol. The molecule has 142 valence electrons. The van der Waals surface area contributed by atoms with Crippen molar-refractivity contribution in [1.29, 1.82) is 0 Å². The van der Waals surface area contributed by atoms with Gasteiger partial charge in [0.1, 0.15) is 0 Å². The summed E-state index contributed by atoms with van der Waals surface area (Å²) < 4.78 is 76.4. The van der Waals surface area contributed by atoms with Crippen molar-refractivity contribution in [1.82, 2.24) is 0 Å². The first-order valence-corrected chi connectivity index (χ1v) is 7.41. The number of halogens is 6. The van der Waals surface area contributed by atoms with Crippen LogP contribution in [-0.2, 0) is 6.18 Å². The molecule has 0 unspecified atom stereocenters. The lowest BCUT2D eigenvalue weighted by molar-refractivity contribution is -0.202. The number of anilines is 1. The molecule has 0 saturated carbocycles. The van der Waals surface area contributed by atoms with Gasteiger partial charge in [-0.2, -0.15) is 26.3 Å². The molecule has 0 aliphatic heterocycles. The zero-order valence-electron chi connectivity index (χ0n) is 13.5. The molecule has 26 heavy (non-hydrogen) atoms. The highest BCUT2D eigenvalue weighted by Crippen LogP contribution is 2.32. The van der Waals surface area contributed by atoms with E-state index in [9.17, 15) is 31.4 Å². The van der Waals surface area contributed by atoms with Gasteiger partial charge >= 0.3 is 12.4 Å². The van der Waals surface area contributed by atoms with Crippen molar-refractivity contribution >= 4 is 5.69 Å². The molecular formula is C17H15F6NO2. The number of hydrogen-bond acceptors (Lipinski definition) is 3. The number of benzene rings is 2. The Balaban J connectivity index is 2.32. The van der Waals surface area contributed by atoms with E-state index >= 15 is 0 Å². The van der Waals surface area contributed by atoms with Crippen molar-refractivity contribution in [3.63, 3.8) is 0 Å². The zero-order chi connectivity index (χ0) is 19.5. The van der Waals surface area contributed by atoms with Crippen molar-refractivity contribution in [3.8, 4) is 5.75 Å². The van der Waals surface area contributed by atoms with E-state index in [0.29, 0.717) is 16.7 Å². The molecule has 0 radical (unpaired) electrons. The Bertz CT molecular complexity index is 745. The number of aliphatic hydroxyl groups excluding tert-OH is 1. The van der Waals surface area contributed by atoms with Gasteiger partial charge in [0.25, 0.3) is 0 Å². The molecule has 2 aromatic carbocycles. The van der Waals surface area contributed by atoms with Gasteiger partial charge in [-0.15, -0.1) is 0 Å². The first-order chi connectivity index (χ1) is 12.0. The number of aryl methyl sites for hydroxylation is 1. The van der Waals surface area contributed by atoms with Gasteiger partial charge < -0.3 is 9.94 Å². The Morgan fingerprint density at radius 2 is 1.65 bits per heavy atom. The highest BCUT2D eigenvalue weighted by atomic mass is 19.4. The highest BCUT2D eigenvalue weighted by molar-refractivity contribution is 5.47. The Morgan fingerprint density at radius 1 is 1.00 bits per heavy atom. The minimum Gasteiger partial charge on any atom is -0.382 e. The maximum Gasteiger partial charge on any atom is 0.416 e. The number of hydrogen-bond donors (Lipinski definition) is 1. The van der Waals surface area contributed by atoms with Gasteiger partial charge in [-0.25, -0.2) is 5.06 Å². The number of alkyl halides is 6. The third-order valence-corrected chi connectivity index (χ3v) is 3.38. The van der Waals surface area contributed by atoms with Crippen molar-refractivity contribution in [2.45, 2.75) is 25.4 Å². The molecule has 0 spiro atoms. The second-order valence-corrected chi connectivity index (χ2v) is 5.57. The fourth-order valence-corrected chi connectivity index (χ4v) is 2.10. The van der Waals surface area contributed by atoms with Crippen molar-refractivity contribution in [2.24, 2.45) is 0 Å². The molecule has 0 heterocycles. The van der Waals surface area contributed by atoms with Gasteiger partial charge in [-0.1, -0.05) is 18.2 Å². The monoisotopic (exact) mass is 379 g/mol. The average Bonchev–Trinajstić information content (AvgIpc) is 2.52. The average molecular weight is 379 g/mol. The summed E-state index contributed by atoms with van der Waals surface area (Å²) in [5.74, 6) is -0.310. The molecule has 0 aliphatic carbocycles. The molecule has 3 nitrogen and oxygen atoms in total. The summed E-state index contributed by atoms with van der Waals surface area (Å²) in [5, 5.41) is 10.0. The molecule has 1 atom stereocenters. The molecule has 0 aliphatic rings. The van der Waals surface area contributed by atoms with Crippen LogP contribution >= 0.6 is 0 Å². The standard InChI is InChI=1S/C17H15F6NO2/c1-11-4-2-6-13(8-11)24(10-15(25)17(21,22)23)26-14-7-3-5-12(9-14)16(18,19)20/h2-9,15,25H,10H2,1H3/t15-/m1/s1. The van der Waals surface area contributed by atoms with E-state index in [-0.39, 0.29) is 11.4 Å². The van der Waals surface area contributed by atoms with Crippen molar-refractivity contribution < 1.29 is 36.3 Å². The van der Waals surface area contributed by atoms with Crippen molar-refractivity contribution in [2.75, 3.05) is 11.6 Å². The largest absolute Gasteiger partial charge is 0.416 e. The van der Waals surface area contributed by atoms with E-state index in [2.05, 4.69) is 0 Å². The third-order valence-electron chi connectivity index (χ3n) is 3.38. The van der Waals surface area contributed by atoms with Crippen LogP contribution in [0.25, 0.3) is 0 Å². The SMILES string of the molecule is Cc1cccc(N(C[C@@H](O)C(F)(F)F)Oc2cccc(C(F)(F)F)c2)c1. The molecule has 9 heteroatoms. The number of rotatable bonds is 5. The summed E-state index contributed by atoms with van der Waals surface area (Å²) in [6.07, 6.45) is -12.3. The maximum absolute atomic E-state index is 12.8. The van der Waals surface area contributed by atoms with Gasteiger partial charge in [0.05, 0.1) is 17.8 Å². The second kappa shape index (κ2) is 7.45. The smallest absolute Gasteiger partial charge is 0.382 e. The van der Waals surface area contributed by atoms with Crippen LogP contribution in [0.1, 0.15) is 11.1 Å². The van der Waals surface area contributed by atoms with E-state index in [1.807, 2.05) is 0 Å². The molecule has 0 bridgehead atoms. The lowest BCUT2D eigenvalue weighted by atomic mass is 10.2. The number of nitrogens with zero attached hydrogens (tertiary/aromatic N) is 1.